The number of nitrogens with one attached hydrogen (secondary N) is 1. The van der Waals surface area contributed by atoms with Crippen molar-refractivity contribution in [3.63, 3.8) is 0 Å². The van der Waals surface area contributed by atoms with Crippen LogP contribution in [0.5, 0.6) is 0 Å². The van der Waals surface area contributed by atoms with Crippen LogP contribution in [0.25, 0.3) is 0 Å². The number of rotatable bonds is 6. The van der Waals surface area contributed by atoms with Crippen molar-refractivity contribution in [3.05, 3.63) is 25.0 Å². The zero-order valence-corrected chi connectivity index (χ0v) is 12.9. The molecule has 5 heteroatoms. The number of nitrogens with zero attached hydrogens (tertiary/aromatic N) is 1. The summed E-state index contributed by atoms with van der Waals surface area (Å²) in [4.78, 5) is 5.56. The fourth-order valence-corrected chi connectivity index (χ4v) is 2.89. The Morgan fingerprint density at radius 2 is 2.33 bits per heavy atom. The maximum atomic E-state index is 14.4. The monoisotopic (exact) mass is 298 g/mol. The van der Waals surface area contributed by atoms with Gasteiger partial charge in [0.25, 0.3) is 0 Å². The van der Waals surface area contributed by atoms with E-state index < -0.39 is 5.67 Å². The number of hydrogen-bond acceptors (Lipinski definition) is 4. The molecule has 2 rings (SSSR count). The van der Waals surface area contributed by atoms with Gasteiger partial charge in [-0.3, -0.25) is 0 Å². The Labute approximate surface area is 126 Å². The molecule has 0 bridgehead atoms. The van der Waals surface area contributed by atoms with E-state index in [1.807, 2.05) is 6.08 Å². The van der Waals surface area contributed by atoms with Crippen LogP contribution in [0.15, 0.2) is 25.0 Å². The molecule has 0 aromatic carbocycles. The lowest BCUT2D eigenvalue weighted by atomic mass is 9.92. The maximum Gasteiger partial charge on any atom is 0.130 e. The van der Waals surface area contributed by atoms with E-state index >= 15 is 0 Å². The summed E-state index contributed by atoms with van der Waals surface area (Å²) >= 11 is 0. The van der Waals surface area contributed by atoms with Crippen molar-refractivity contribution in [3.8, 4) is 0 Å². The molecule has 0 saturated carbocycles. The molecule has 0 aromatic rings. The van der Waals surface area contributed by atoms with E-state index in [1.54, 1.807) is 17.4 Å². The van der Waals surface area contributed by atoms with E-state index in [0.717, 1.165) is 39.1 Å². The molecule has 0 unspecified atom stereocenters. The highest BCUT2D eigenvalue weighted by Crippen LogP contribution is 2.29. The first-order valence-electron chi connectivity index (χ1n) is 7.77. The van der Waals surface area contributed by atoms with E-state index in [2.05, 4.69) is 18.8 Å². The van der Waals surface area contributed by atoms with Crippen LogP contribution in [0.4, 0.5) is 4.39 Å². The second kappa shape index (κ2) is 7.38. The molecule has 2 aliphatic rings. The van der Waals surface area contributed by atoms with Crippen LogP contribution in [-0.4, -0.2) is 49.1 Å². The van der Waals surface area contributed by atoms with Crippen LogP contribution >= 0.6 is 0 Å². The molecule has 2 aliphatic heterocycles. The molecule has 4 nitrogen and oxygen atoms in total. The van der Waals surface area contributed by atoms with Crippen LogP contribution in [0.2, 0.25) is 0 Å². The van der Waals surface area contributed by atoms with Gasteiger partial charge in [-0.1, -0.05) is 6.08 Å². The molecule has 120 valence electrons. The first-order chi connectivity index (χ1) is 10.1. The number of hydroxylamine groups is 2. The molecule has 0 amide bonds. The first kappa shape index (κ1) is 16.5. The lowest BCUT2D eigenvalue weighted by molar-refractivity contribution is -0.152. The van der Waals surface area contributed by atoms with Crippen molar-refractivity contribution < 1.29 is 14.0 Å². The Balaban J connectivity index is 1.74. The number of morpholine rings is 1. The molecule has 2 heterocycles. The standard InChI is InChI=1S/C16H27FN2O2/c1-3-6-16(17)8-4-10-19(14-16)21-11-5-7-15(2)13-18-9-12-20-15/h3,5,11,18H,1,4,6-10,12-14H2,2H3/b11-5+/t15-,16-/m0/s1. The minimum Gasteiger partial charge on any atom is -0.414 e. The number of piperidine rings is 1. The van der Waals surface area contributed by atoms with E-state index in [0.29, 0.717) is 19.4 Å². The van der Waals surface area contributed by atoms with Gasteiger partial charge in [-0.2, -0.15) is 0 Å². The summed E-state index contributed by atoms with van der Waals surface area (Å²) in [5.74, 6) is 0. The van der Waals surface area contributed by atoms with Gasteiger partial charge in [0.2, 0.25) is 0 Å². The van der Waals surface area contributed by atoms with Crippen molar-refractivity contribution in [1.82, 2.24) is 10.4 Å². The van der Waals surface area contributed by atoms with Gasteiger partial charge >= 0.3 is 0 Å². The maximum absolute atomic E-state index is 14.4. The Hall–Kier alpha value is -0.910. The molecule has 2 atom stereocenters. The third-order valence-electron chi connectivity index (χ3n) is 4.09. The average molecular weight is 298 g/mol. The number of halogens is 1. The SMILES string of the molecule is C=CC[C@]1(F)CCCN(O/C=C/C[C@@]2(C)CNCCO2)C1. The van der Waals surface area contributed by atoms with Crippen molar-refractivity contribution in [1.29, 1.82) is 0 Å². The molecular weight excluding hydrogens is 271 g/mol. The highest BCUT2D eigenvalue weighted by atomic mass is 19.1. The van der Waals surface area contributed by atoms with Crippen LogP contribution in [0, 0.1) is 0 Å². The third-order valence-corrected chi connectivity index (χ3v) is 4.09. The van der Waals surface area contributed by atoms with Gasteiger partial charge in [0.1, 0.15) is 11.9 Å². The quantitative estimate of drug-likeness (QED) is 0.604. The van der Waals surface area contributed by atoms with Crippen LogP contribution in [-0.2, 0) is 9.57 Å². The normalized spacial score (nSPS) is 35.0. The predicted molar refractivity (Wildman–Crippen MR) is 81.5 cm³/mol. The van der Waals surface area contributed by atoms with E-state index in [-0.39, 0.29) is 5.60 Å². The van der Waals surface area contributed by atoms with Crippen molar-refractivity contribution >= 4 is 0 Å². The zero-order chi connectivity index (χ0) is 15.2. The molecule has 0 spiro atoms. The molecular formula is C16H27FN2O2. The Kier molecular flexibility index (Phi) is 5.79. The summed E-state index contributed by atoms with van der Waals surface area (Å²) in [7, 11) is 0. The summed E-state index contributed by atoms with van der Waals surface area (Å²) in [5, 5.41) is 5.02. The van der Waals surface area contributed by atoms with Crippen LogP contribution < -0.4 is 5.32 Å². The summed E-state index contributed by atoms with van der Waals surface area (Å²) in [6, 6.07) is 0. The van der Waals surface area contributed by atoms with Crippen molar-refractivity contribution in [2.45, 2.75) is 43.9 Å². The minimum atomic E-state index is -1.20. The summed E-state index contributed by atoms with van der Waals surface area (Å²) in [6.07, 6.45) is 7.81. The lowest BCUT2D eigenvalue weighted by Gasteiger charge is -2.35. The zero-order valence-electron chi connectivity index (χ0n) is 12.9. The fraction of sp³-hybridized carbons (Fsp3) is 0.750. The lowest BCUT2D eigenvalue weighted by Crippen LogP contribution is -2.47. The Morgan fingerprint density at radius 3 is 3.05 bits per heavy atom. The second-order valence-electron chi connectivity index (χ2n) is 6.27. The van der Waals surface area contributed by atoms with Gasteiger partial charge in [0, 0.05) is 26.1 Å². The molecule has 2 saturated heterocycles. The van der Waals surface area contributed by atoms with E-state index in [1.165, 1.54) is 0 Å². The topological polar surface area (TPSA) is 33.7 Å². The molecule has 21 heavy (non-hydrogen) atoms. The van der Waals surface area contributed by atoms with Crippen LogP contribution in [0.1, 0.15) is 32.6 Å². The highest BCUT2D eigenvalue weighted by molar-refractivity contribution is 4.93. The van der Waals surface area contributed by atoms with Gasteiger partial charge in [-0.05, 0) is 32.3 Å². The van der Waals surface area contributed by atoms with Crippen LogP contribution in [0.3, 0.4) is 0 Å². The molecule has 2 fully saturated rings. The minimum absolute atomic E-state index is 0.174. The smallest absolute Gasteiger partial charge is 0.130 e. The van der Waals surface area contributed by atoms with Crippen molar-refractivity contribution in [2.75, 3.05) is 32.8 Å². The molecule has 1 N–H and O–H groups in total. The largest absolute Gasteiger partial charge is 0.414 e. The third kappa shape index (κ3) is 5.09. The predicted octanol–water partition coefficient (Wildman–Crippen LogP) is 2.58. The molecule has 0 aromatic heterocycles. The number of alkyl halides is 1. The highest BCUT2D eigenvalue weighted by Gasteiger charge is 2.35. The van der Waals surface area contributed by atoms with Gasteiger partial charge in [-0.15, -0.1) is 11.6 Å². The first-order valence-corrected chi connectivity index (χ1v) is 7.77. The van der Waals surface area contributed by atoms with E-state index in [9.17, 15) is 4.39 Å². The molecule has 0 aliphatic carbocycles. The Bertz CT molecular complexity index is 369. The van der Waals surface area contributed by atoms with Gasteiger partial charge in [0.15, 0.2) is 0 Å². The van der Waals surface area contributed by atoms with Gasteiger partial charge < -0.3 is 14.9 Å². The fourth-order valence-electron chi connectivity index (χ4n) is 2.89. The van der Waals surface area contributed by atoms with E-state index in [4.69, 9.17) is 9.57 Å². The van der Waals surface area contributed by atoms with Gasteiger partial charge in [0.05, 0.1) is 18.8 Å². The summed E-state index contributed by atoms with van der Waals surface area (Å²) < 4.78 is 20.2. The molecule has 0 radical (unpaired) electrons. The summed E-state index contributed by atoms with van der Waals surface area (Å²) in [5.41, 5.74) is -1.37. The average Bonchev–Trinajstić information content (AvgIpc) is 2.45. The Morgan fingerprint density at radius 1 is 1.48 bits per heavy atom. The van der Waals surface area contributed by atoms with Crippen molar-refractivity contribution in [2.24, 2.45) is 0 Å². The number of allylic oxidation sites excluding steroid dienone is 1. The second-order valence-corrected chi connectivity index (χ2v) is 6.27. The number of ether oxygens (including phenoxy) is 1. The number of hydrogen-bond donors (Lipinski definition) is 1. The van der Waals surface area contributed by atoms with Gasteiger partial charge in [-0.25, -0.2) is 4.39 Å². The summed E-state index contributed by atoms with van der Waals surface area (Å²) in [6.45, 7) is 9.27.